The molecule has 2 aliphatic rings. The summed E-state index contributed by atoms with van der Waals surface area (Å²) in [5.41, 5.74) is 0.559. The number of allylic oxidation sites excluding steroid dienone is 3. The van der Waals surface area contributed by atoms with E-state index in [-0.39, 0.29) is 35.3 Å². The molecule has 158 valence electrons. The molecule has 2 aliphatic carbocycles. The zero-order valence-corrected chi connectivity index (χ0v) is 18.7. The van der Waals surface area contributed by atoms with Crippen molar-refractivity contribution in [2.75, 3.05) is 0 Å². The highest BCUT2D eigenvalue weighted by Gasteiger charge is 2.54. The van der Waals surface area contributed by atoms with Crippen molar-refractivity contribution >= 4 is 11.9 Å². The van der Waals surface area contributed by atoms with Crippen molar-refractivity contribution in [1.29, 1.82) is 0 Å². The van der Waals surface area contributed by atoms with E-state index in [1.807, 2.05) is 13.8 Å². The average molecular weight is 391 g/mol. The van der Waals surface area contributed by atoms with Crippen LogP contribution in [0.5, 0.6) is 0 Å². The van der Waals surface area contributed by atoms with Gasteiger partial charge in [0.25, 0.3) is 0 Å². The first kappa shape index (κ1) is 22.7. The minimum Gasteiger partial charge on any atom is -0.462 e. The summed E-state index contributed by atoms with van der Waals surface area (Å²) in [6, 6.07) is 0. The number of fused-ring (bicyclic) bond motifs is 1. The van der Waals surface area contributed by atoms with E-state index in [1.54, 1.807) is 0 Å². The molecule has 0 N–H and O–H groups in total. The highest BCUT2D eigenvalue weighted by Crippen LogP contribution is 2.55. The third-order valence-corrected chi connectivity index (χ3v) is 6.65. The Balaban J connectivity index is 2.52. The van der Waals surface area contributed by atoms with E-state index < -0.39 is 5.60 Å². The topological polar surface area (TPSA) is 52.6 Å². The first-order valence-corrected chi connectivity index (χ1v) is 10.7. The van der Waals surface area contributed by atoms with Crippen LogP contribution in [0.4, 0.5) is 0 Å². The Labute approximate surface area is 170 Å². The number of ether oxygens (including phenoxy) is 2. The quantitative estimate of drug-likeness (QED) is 0.464. The Morgan fingerprint density at radius 1 is 1.18 bits per heavy atom. The maximum atomic E-state index is 12.0. The van der Waals surface area contributed by atoms with Crippen molar-refractivity contribution in [3.63, 3.8) is 0 Å². The van der Waals surface area contributed by atoms with Crippen LogP contribution in [0, 0.1) is 23.2 Å². The smallest absolute Gasteiger partial charge is 0.303 e. The van der Waals surface area contributed by atoms with E-state index in [0.717, 1.165) is 32.1 Å². The van der Waals surface area contributed by atoms with Gasteiger partial charge in [0.2, 0.25) is 0 Å². The molecule has 0 amide bonds. The lowest BCUT2D eigenvalue weighted by atomic mass is 9.68. The van der Waals surface area contributed by atoms with Crippen LogP contribution >= 0.6 is 0 Å². The molecule has 0 heterocycles. The molecule has 0 bridgehead atoms. The van der Waals surface area contributed by atoms with Gasteiger partial charge in [-0.2, -0.15) is 0 Å². The van der Waals surface area contributed by atoms with E-state index in [0.29, 0.717) is 5.92 Å². The molecule has 2 rings (SSSR count). The van der Waals surface area contributed by atoms with Gasteiger partial charge in [-0.1, -0.05) is 37.6 Å². The van der Waals surface area contributed by atoms with E-state index in [2.05, 4.69) is 39.0 Å². The summed E-state index contributed by atoms with van der Waals surface area (Å²) in [4.78, 5) is 23.7. The van der Waals surface area contributed by atoms with Gasteiger partial charge in [-0.15, -0.1) is 0 Å². The molecule has 0 radical (unpaired) electrons. The van der Waals surface area contributed by atoms with Crippen molar-refractivity contribution in [3.05, 3.63) is 23.8 Å². The molecule has 0 unspecified atom stereocenters. The van der Waals surface area contributed by atoms with E-state index >= 15 is 0 Å². The minimum atomic E-state index is -0.607. The normalized spacial score (nSPS) is 37.0. The molecule has 1 fully saturated rings. The molecule has 5 atom stereocenters. The zero-order chi connectivity index (χ0) is 21.1. The number of rotatable bonds is 3. The van der Waals surface area contributed by atoms with Crippen LogP contribution in [0.15, 0.2) is 23.8 Å². The van der Waals surface area contributed by atoms with Gasteiger partial charge < -0.3 is 9.47 Å². The van der Waals surface area contributed by atoms with E-state index in [9.17, 15) is 9.59 Å². The van der Waals surface area contributed by atoms with Crippen molar-refractivity contribution in [2.45, 2.75) is 92.3 Å². The fraction of sp³-hybridized carbons (Fsp3) is 0.750. The number of hydrogen-bond acceptors (Lipinski definition) is 4. The lowest BCUT2D eigenvalue weighted by Gasteiger charge is -2.42. The lowest BCUT2D eigenvalue weighted by molar-refractivity contribution is -0.168. The second-order valence-corrected chi connectivity index (χ2v) is 9.69. The summed E-state index contributed by atoms with van der Waals surface area (Å²) >= 11 is 0. The number of carbonyl (C=O) groups is 2. The van der Waals surface area contributed by atoms with Crippen molar-refractivity contribution in [2.24, 2.45) is 23.2 Å². The fourth-order valence-electron chi connectivity index (χ4n) is 5.31. The van der Waals surface area contributed by atoms with Crippen molar-refractivity contribution in [3.8, 4) is 0 Å². The Morgan fingerprint density at radius 3 is 2.46 bits per heavy atom. The Bertz CT molecular complexity index is 645. The molecule has 0 aromatic carbocycles. The average Bonchev–Trinajstić information content (AvgIpc) is 2.88. The third-order valence-electron chi connectivity index (χ3n) is 6.65. The predicted octanol–water partition coefficient (Wildman–Crippen LogP) is 5.61. The summed E-state index contributed by atoms with van der Waals surface area (Å²) in [7, 11) is 0. The van der Waals surface area contributed by atoms with Gasteiger partial charge in [0.15, 0.2) is 0 Å². The first-order chi connectivity index (χ1) is 12.9. The van der Waals surface area contributed by atoms with Crippen LogP contribution in [0.2, 0.25) is 0 Å². The van der Waals surface area contributed by atoms with Gasteiger partial charge in [-0.25, -0.2) is 0 Å². The number of esters is 2. The second-order valence-electron chi connectivity index (χ2n) is 9.69. The van der Waals surface area contributed by atoms with E-state index in [4.69, 9.17) is 9.47 Å². The molecule has 4 heteroatoms. The summed E-state index contributed by atoms with van der Waals surface area (Å²) in [5.74, 6) is 0.213. The Kier molecular flexibility index (Phi) is 7.17. The largest absolute Gasteiger partial charge is 0.462 e. The van der Waals surface area contributed by atoms with Crippen molar-refractivity contribution < 1.29 is 19.1 Å². The molecule has 1 saturated carbocycles. The molecule has 0 spiro atoms. The minimum absolute atomic E-state index is 0.0932. The second kappa shape index (κ2) is 8.84. The van der Waals surface area contributed by atoms with Gasteiger partial charge in [0.05, 0.1) is 0 Å². The molecule has 0 aromatic heterocycles. The summed E-state index contributed by atoms with van der Waals surface area (Å²) < 4.78 is 11.7. The fourth-order valence-corrected chi connectivity index (χ4v) is 5.31. The molecular formula is C24H38O4. The monoisotopic (exact) mass is 390 g/mol. The zero-order valence-electron chi connectivity index (χ0n) is 18.7. The van der Waals surface area contributed by atoms with Crippen LogP contribution < -0.4 is 0 Å². The van der Waals surface area contributed by atoms with Gasteiger partial charge in [0.1, 0.15) is 11.7 Å². The third kappa shape index (κ3) is 5.48. The molecule has 0 aromatic rings. The Hall–Kier alpha value is -1.58. The van der Waals surface area contributed by atoms with Crippen LogP contribution in [0.3, 0.4) is 0 Å². The van der Waals surface area contributed by atoms with E-state index in [1.165, 1.54) is 19.4 Å². The highest BCUT2D eigenvalue weighted by atomic mass is 16.6. The van der Waals surface area contributed by atoms with Gasteiger partial charge in [-0.3, -0.25) is 9.59 Å². The SMILES string of the molecule is CC(=O)O[C@H]1C/C(C)=C/CC[C@@H](C)/C=C/[C@@]2(C)CC[C@@H](C(C)(C)OC(C)=O)[C@H]12. The highest BCUT2D eigenvalue weighted by molar-refractivity contribution is 5.67. The number of hydrogen-bond donors (Lipinski definition) is 0. The van der Waals surface area contributed by atoms with Gasteiger partial charge in [0, 0.05) is 32.1 Å². The van der Waals surface area contributed by atoms with Gasteiger partial charge >= 0.3 is 11.9 Å². The maximum absolute atomic E-state index is 12.0. The Morgan fingerprint density at radius 2 is 1.86 bits per heavy atom. The van der Waals surface area contributed by atoms with Crippen LogP contribution in [-0.2, 0) is 19.1 Å². The summed E-state index contributed by atoms with van der Waals surface area (Å²) in [5, 5.41) is 0. The first-order valence-electron chi connectivity index (χ1n) is 10.7. The van der Waals surface area contributed by atoms with Gasteiger partial charge in [-0.05, 0) is 57.8 Å². The van der Waals surface area contributed by atoms with Crippen LogP contribution in [0.25, 0.3) is 0 Å². The van der Waals surface area contributed by atoms with Crippen LogP contribution in [0.1, 0.15) is 80.6 Å². The molecule has 0 saturated heterocycles. The standard InChI is InChI=1S/C24H38O4/c1-16-9-8-10-17(2)15-21(27-18(3)25)22-20(23(5,6)28-19(4)26)12-14-24(22,7)13-11-16/h10-11,13,16,20-22H,8-9,12,14-15H2,1-7H3/b13-11+,17-10+/t16-,20-,21+,22-,24+/m1/s1. The van der Waals surface area contributed by atoms with Crippen molar-refractivity contribution in [1.82, 2.24) is 0 Å². The molecular weight excluding hydrogens is 352 g/mol. The predicted molar refractivity (Wildman–Crippen MR) is 112 cm³/mol. The maximum Gasteiger partial charge on any atom is 0.303 e. The van der Waals surface area contributed by atoms with Crippen LogP contribution in [-0.4, -0.2) is 23.6 Å². The molecule has 4 nitrogen and oxygen atoms in total. The summed E-state index contributed by atoms with van der Waals surface area (Å²) in [6.07, 6.45) is 11.6. The number of carbonyl (C=O) groups excluding carboxylic acids is 2. The molecule has 0 aliphatic heterocycles. The molecule has 28 heavy (non-hydrogen) atoms. The summed E-state index contributed by atoms with van der Waals surface area (Å²) in [6.45, 7) is 13.6. The lowest BCUT2D eigenvalue weighted by Crippen LogP contribution is -2.46.